The zero-order valence-corrected chi connectivity index (χ0v) is 16.7. The highest BCUT2D eigenvalue weighted by Gasteiger charge is 2.30. The maximum Gasteiger partial charge on any atom is 0.255 e. The molecule has 0 spiro atoms. The Bertz CT molecular complexity index is 1060. The van der Waals surface area contributed by atoms with Crippen molar-refractivity contribution in [2.75, 3.05) is 25.5 Å². The van der Waals surface area contributed by atoms with E-state index in [9.17, 15) is 13.2 Å². The van der Waals surface area contributed by atoms with Gasteiger partial charge in [0.15, 0.2) is 0 Å². The number of carbonyl (C=O) groups is 1. The zero-order valence-electron chi connectivity index (χ0n) is 15.1. The van der Waals surface area contributed by atoms with Gasteiger partial charge in [0.2, 0.25) is 10.0 Å². The van der Waals surface area contributed by atoms with Gasteiger partial charge < -0.3 is 10.1 Å². The summed E-state index contributed by atoms with van der Waals surface area (Å²) in [5.41, 5.74) is 0.768. The Hall–Kier alpha value is -2.60. The van der Waals surface area contributed by atoms with Crippen LogP contribution in [0.4, 0.5) is 5.69 Å². The Balaban J connectivity index is 1.92. The molecule has 3 rings (SSSR count). The highest BCUT2D eigenvalue weighted by molar-refractivity contribution is 7.89. The Morgan fingerprint density at radius 1 is 1.21 bits per heavy atom. The first kappa shape index (κ1) is 20.1. The van der Waals surface area contributed by atoms with E-state index in [-0.39, 0.29) is 26.8 Å². The van der Waals surface area contributed by atoms with E-state index in [1.165, 1.54) is 41.7 Å². The average molecular weight is 420 g/mol. The summed E-state index contributed by atoms with van der Waals surface area (Å²) in [5, 5.41) is 12.0. The normalized spacial score (nSPS) is 14.5. The molecule has 1 aliphatic heterocycles. The van der Waals surface area contributed by atoms with Crippen molar-refractivity contribution in [2.45, 2.75) is 17.7 Å². The van der Waals surface area contributed by atoms with Crippen LogP contribution in [0.3, 0.4) is 0 Å². The summed E-state index contributed by atoms with van der Waals surface area (Å²) in [6.45, 7) is 0.896. The summed E-state index contributed by atoms with van der Waals surface area (Å²) in [5.74, 6) is -0.326. The van der Waals surface area contributed by atoms with E-state index in [1.54, 1.807) is 6.07 Å². The number of benzene rings is 2. The van der Waals surface area contributed by atoms with Crippen molar-refractivity contribution in [2.24, 2.45) is 0 Å². The van der Waals surface area contributed by atoms with Gasteiger partial charge in [0.05, 0.1) is 17.7 Å². The third-order valence-electron chi connectivity index (χ3n) is 4.45. The number of nitrogens with zero attached hydrogens (tertiary/aromatic N) is 2. The molecule has 7 nitrogen and oxygen atoms in total. The number of nitrogens with one attached hydrogen (secondary N) is 1. The summed E-state index contributed by atoms with van der Waals surface area (Å²) in [4.78, 5) is 12.6. The third kappa shape index (κ3) is 3.97. The van der Waals surface area contributed by atoms with Crippen LogP contribution in [-0.2, 0) is 10.0 Å². The molecule has 1 fully saturated rings. The van der Waals surface area contributed by atoms with Gasteiger partial charge in [-0.3, -0.25) is 4.79 Å². The first-order valence-corrected chi connectivity index (χ1v) is 10.4. The minimum absolute atomic E-state index is 0.0432. The lowest BCUT2D eigenvalue weighted by Crippen LogP contribution is -2.28. The van der Waals surface area contributed by atoms with Crippen molar-refractivity contribution in [1.29, 1.82) is 5.26 Å². The molecule has 0 aliphatic carbocycles. The number of halogens is 1. The number of carbonyl (C=O) groups excluding carboxylic acids is 1. The first-order chi connectivity index (χ1) is 13.4. The Morgan fingerprint density at radius 2 is 1.93 bits per heavy atom. The van der Waals surface area contributed by atoms with Crippen LogP contribution >= 0.6 is 11.6 Å². The second-order valence-electron chi connectivity index (χ2n) is 6.24. The van der Waals surface area contributed by atoms with Gasteiger partial charge in [0.1, 0.15) is 16.7 Å². The molecule has 0 unspecified atom stereocenters. The fourth-order valence-corrected chi connectivity index (χ4v) is 4.84. The fraction of sp³-hybridized carbons (Fsp3) is 0.263. The minimum atomic E-state index is -3.76. The number of hydrogen-bond acceptors (Lipinski definition) is 5. The molecular weight excluding hydrogens is 402 g/mol. The first-order valence-electron chi connectivity index (χ1n) is 8.56. The molecule has 1 saturated heterocycles. The van der Waals surface area contributed by atoms with Crippen molar-refractivity contribution in [3.8, 4) is 11.8 Å². The predicted molar refractivity (Wildman–Crippen MR) is 105 cm³/mol. The number of hydrogen-bond donors (Lipinski definition) is 1. The molecule has 146 valence electrons. The smallest absolute Gasteiger partial charge is 0.255 e. The maximum absolute atomic E-state index is 12.9. The highest BCUT2D eigenvalue weighted by Crippen LogP contribution is 2.30. The number of anilines is 1. The lowest BCUT2D eigenvalue weighted by Gasteiger charge is -2.18. The molecule has 0 saturated carbocycles. The molecule has 9 heteroatoms. The number of methoxy groups -OCH3 is 1. The lowest BCUT2D eigenvalue weighted by atomic mass is 10.1. The molecule has 1 amide bonds. The van der Waals surface area contributed by atoms with Crippen molar-refractivity contribution in [1.82, 2.24) is 4.31 Å². The summed E-state index contributed by atoms with van der Waals surface area (Å²) in [6, 6.07) is 10.7. The van der Waals surface area contributed by atoms with Crippen LogP contribution in [-0.4, -0.2) is 38.8 Å². The molecule has 0 radical (unpaired) electrons. The molecule has 0 bridgehead atoms. The topological polar surface area (TPSA) is 99.5 Å². The number of nitriles is 1. The van der Waals surface area contributed by atoms with Gasteiger partial charge in [-0.05, 0) is 49.2 Å². The van der Waals surface area contributed by atoms with E-state index in [0.29, 0.717) is 18.8 Å². The molecule has 2 aromatic carbocycles. The van der Waals surface area contributed by atoms with Gasteiger partial charge >= 0.3 is 0 Å². The quantitative estimate of drug-likeness (QED) is 0.801. The van der Waals surface area contributed by atoms with Gasteiger partial charge in [-0.15, -0.1) is 0 Å². The highest BCUT2D eigenvalue weighted by atomic mass is 35.5. The van der Waals surface area contributed by atoms with E-state index >= 15 is 0 Å². The van der Waals surface area contributed by atoms with E-state index < -0.39 is 15.9 Å². The second-order valence-corrected chi connectivity index (χ2v) is 8.55. The van der Waals surface area contributed by atoms with E-state index in [2.05, 4.69) is 5.32 Å². The molecule has 1 N–H and O–H groups in total. The van der Waals surface area contributed by atoms with Gasteiger partial charge in [0.25, 0.3) is 5.91 Å². The zero-order chi connectivity index (χ0) is 20.3. The van der Waals surface area contributed by atoms with Crippen LogP contribution in [0.2, 0.25) is 5.02 Å². The molecule has 2 aromatic rings. The second kappa shape index (κ2) is 8.19. The Kier molecular flexibility index (Phi) is 5.89. The molecule has 0 aromatic heterocycles. The van der Waals surface area contributed by atoms with Crippen LogP contribution in [0.25, 0.3) is 0 Å². The van der Waals surface area contributed by atoms with Gasteiger partial charge in [-0.1, -0.05) is 11.6 Å². The van der Waals surface area contributed by atoms with Crippen molar-refractivity contribution < 1.29 is 17.9 Å². The monoisotopic (exact) mass is 419 g/mol. The summed E-state index contributed by atoms with van der Waals surface area (Å²) in [6.07, 6.45) is 1.61. The average Bonchev–Trinajstić information content (AvgIpc) is 3.24. The third-order valence-corrected chi connectivity index (χ3v) is 6.70. The fourth-order valence-electron chi connectivity index (χ4n) is 2.98. The molecule has 0 atom stereocenters. The van der Waals surface area contributed by atoms with Gasteiger partial charge in [-0.25, -0.2) is 8.42 Å². The molecular formula is C19H18ClN3O4S. The van der Waals surface area contributed by atoms with Crippen LogP contribution in [0.1, 0.15) is 28.8 Å². The molecule has 28 heavy (non-hydrogen) atoms. The van der Waals surface area contributed by atoms with Crippen molar-refractivity contribution in [3.05, 3.63) is 52.5 Å². The Morgan fingerprint density at radius 3 is 2.57 bits per heavy atom. The molecule has 1 aliphatic rings. The number of ether oxygens (including phenoxy) is 1. The largest absolute Gasteiger partial charge is 0.495 e. The number of sulfonamides is 1. The summed E-state index contributed by atoms with van der Waals surface area (Å²) in [7, 11) is -2.37. The lowest BCUT2D eigenvalue weighted by molar-refractivity contribution is 0.102. The number of rotatable bonds is 5. The molecule has 1 heterocycles. The predicted octanol–water partition coefficient (Wildman–Crippen LogP) is 3.26. The van der Waals surface area contributed by atoms with E-state index in [4.69, 9.17) is 21.6 Å². The van der Waals surface area contributed by atoms with Crippen LogP contribution in [0.5, 0.6) is 5.75 Å². The maximum atomic E-state index is 12.9. The van der Waals surface area contributed by atoms with Gasteiger partial charge in [0, 0.05) is 24.3 Å². The van der Waals surface area contributed by atoms with Crippen molar-refractivity contribution >= 4 is 33.2 Å². The summed E-state index contributed by atoms with van der Waals surface area (Å²) < 4.78 is 32.5. The van der Waals surface area contributed by atoms with Crippen LogP contribution < -0.4 is 10.1 Å². The van der Waals surface area contributed by atoms with Crippen LogP contribution in [0.15, 0.2) is 41.3 Å². The van der Waals surface area contributed by atoms with E-state index in [0.717, 1.165) is 12.8 Å². The van der Waals surface area contributed by atoms with Crippen LogP contribution in [0, 0.1) is 11.3 Å². The Labute approximate surface area is 168 Å². The number of amides is 1. The minimum Gasteiger partial charge on any atom is -0.495 e. The van der Waals surface area contributed by atoms with Gasteiger partial charge in [-0.2, -0.15) is 9.57 Å². The standard InChI is InChI=1S/C19H18ClN3O4S/c1-27-17-7-4-13(11-18(17)28(25,26)23-8-2-3-9-23)19(24)22-15-5-6-16(20)14(10-15)12-21/h4-7,10-11H,2-3,8-9H2,1H3,(H,22,24). The SMILES string of the molecule is COc1ccc(C(=O)Nc2ccc(Cl)c(C#N)c2)cc1S(=O)(=O)N1CCCC1. The van der Waals surface area contributed by atoms with E-state index in [1.807, 2.05) is 6.07 Å². The summed E-state index contributed by atoms with van der Waals surface area (Å²) >= 11 is 5.90. The van der Waals surface area contributed by atoms with Crippen molar-refractivity contribution in [3.63, 3.8) is 0 Å².